The lowest BCUT2D eigenvalue weighted by Crippen LogP contribution is -2.53. The van der Waals surface area contributed by atoms with Gasteiger partial charge in [0.1, 0.15) is 0 Å². The van der Waals surface area contributed by atoms with Crippen LogP contribution >= 0.6 is 0 Å². The van der Waals surface area contributed by atoms with E-state index in [0.717, 1.165) is 51.3 Å². The molecule has 25 heavy (non-hydrogen) atoms. The number of nitrogens with zero attached hydrogens (tertiary/aromatic N) is 5. The molecule has 1 aromatic rings. The largest absolute Gasteiger partial charge is 0.367 e. The normalized spacial score (nSPS) is 21.2. The van der Waals surface area contributed by atoms with Crippen LogP contribution in [0, 0.1) is 5.92 Å². The van der Waals surface area contributed by atoms with Gasteiger partial charge in [0.2, 0.25) is 5.91 Å². The van der Waals surface area contributed by atoms with E-state index in [1.807, 2.05) is 17.2 Å². The van der Waals surface area contributed by atoms with Crippen LogP contribution in [0.3, 0.4) is 0 Å². The van der Waals surface area contributed by atoms with E-state index in [1.54, 1.807) is 30.1 Å². The highest BCUT2D eigenvalue weighted by Crippen LogP contribution is 2.21. The average molecular weight is 345 g/mol. The number of hydrogen-bond donors (Lipinski definition) is 0. The van der Waals surface area contributed by atoms with Gasteiger partial charge in [-0.3, -0.25) is 9.78 Å². The summed E-state index contributed by atoms with van der Waals surface area (Å²) in [5.74, 6) is 0.129. The standard InChI is InChI=1S/C18H27N5O2/c1-20(2)18(25)23-8-4-5-15(14-23)17(24)22-11-9-21(10-12-22)16-6-3-7-19-13-16/h3,6-7,13,15H,4-5,8-12,14H2,1-2H3/t15-/m0/s1. The Bertz CT molecular complexity index is 599. The summed E-state index contributed by atoms with van der Waals surface area (Å²) in [6.45, 7) is 4.39. The first kappa shape index (κ1) is 17.5. The molecule has 0 saturated carbocycles. The first-order chi connectivity index (χ1) is 12.1. The lowest BCUT2D eigenvalue weighted by atomic mass is 9.96. The molecule has 0 bridgehead atoms. The van der Waals surface area contributed by atoms with E-state index in [2.05, 4.69) is 16.0 Å². The zero-order valence-corrected chi connectivity index (χ0v) is 15.1. The third kappa shape index (κ3) is 4.03. The van der Waals surface area contributed by atoms with E-state index in [9.17, 15) is 9.59 Å². The van der Waals surface area contributed by atoms with E-state index in [1.165, 1.54) is 0 Å². The first-order valence-electron chi connectivity index (χ1n) is 8.96. The van der Waals surface area contributed by atoms with Crippen molar-refractivity contribution in [1.29, 1.82) is 0 Å². The number of amides is 3. The third-order valence-electron chi connectivity index (χ3n) is 5.03. The highest BCUT2D eigenvalue weighted by molar-refractivity contribution is 5.81. The van der Waals surface area contributed by atoms with Crippen LogP contribution in [-0.4, -0.2) is 85.0 Å². The zero-order chi connectivity index (χ0) is 17.8. The molecule has 0 unspecified atom stereocenters. The maximum Gasteiger partial charge on any atom is 0.319 e. The van der Waals surface area contributed by atoms with Crippen molar-refractivity contribution in [2.75, 3.05) is 58.3 Å². The lowest BCUT2D eigenvalue weighted by Gasteiger charge is -2.40. The van der Waals surface area contributed by atoms with Gasteiger partial charge < -0.3 is 19.6 Å². The Morgan fingerprint density at radius 1 is 1.12 bits per heavy atom. The predicted molar refractivity (Wildman–Crippen MR) is 96.4 cm³/mol. The smallest absolute Gasteiger partial charge is 0.319 e. The number of aromatic nitrogens is 1. The van der Waals surface area contributed by atoms with Crippen LogP contribution in [0.2, 0.25) is 0 Å². The fourth-order valence-corrected chi connectivity index (χ4v) is 3.62. The molecule has 0 aliphatic carbocycles. The van der Waals surface area contributed by atoms with E-state index in [4.69, 9.17) is 0 Å². The molecule has 0 radical (unpaired) electrons. The number of pyridine rings is 1. The minimum Gasteiger partial charge on any atom is -0.367 e. The molecular weight excluding hydrogens is 318 g/mol. The molecule has 1 atom stereocenters. The van der Waals surface area contributed by atoms with Crippen molar-refractivity contribution >= 4 is 17.6 Å². The minimum atomic E-state index is -0.0670. The van der Waals surface area contributed by atoms with Crippen molar-refractivity contribution < 1.29 is 9.59 Å². The Kier molecular flexibility index (Phi) is 5.40. The molecule has 7 heteroatoms. The van der Waals surface area contributed by atoms with Gasteiger partial charge in [-0.15, -0.1) is 0 Å². The highest BCUT2D eigenvalue weighted by atomic mass is 16.2. The number of likely N-dealkylation sites (tertiary alicyclic amines) is 1. The van der Waals surface area contributed by atoms with Crippen LogP contribution in [0.25, 0.3) is 0 Å². The number of carbonyl (C=O) groups is 2. The molecule has 3 rings (SSSR count). The van der Waals surface area contributed by atoms with Crippen molar-refractivity contribution in [1.82, 2.24) is 19.7 Å². The molecule has 3 heterocycles. The Morgan fingerprint density at radius 3 is 2.52 bits per heavy atom. The maximum atomic E-state index is 12.9. The summed E-state index contributed by atoms with van der Waals surface area (Å²) in [5.41, 5.74) is 1.11. The zero-order valence-electron chi connectivity index (χ0n) is 15.1. The molecule has 3 amide bonds. The fourth-order valence-electron chi connectivity index (χ4n) is 3.62. The number of carbonyl (C=O) groups excluding carboxylic acids is 2. The van der Waals surface area contributed by atoms with Gasteiger partial charge in [-0.2, -0.15) is 0 Å². The van der Waals surface area contributed by atoms with Crippen LogP contribution < -0.4 is 4.90 Å². The number of piperidine rings is 1. The molecule has 2 aliphatic heterocycles. The van der Waals surface area contributed by atoms with Crippen LogP contribution in [0.15, 0.2) is 24.5 Å². The number of urea groups is 1. The first-order valence-corrected chi connectivity index (χ1v) is 8.96. The summed E-state index contributed by atoms with van der Waals surface area (Å²) in [7, 11) is 3.51. The molecule has 7 nitrogen and oxygen atoms in total. The average Bonchev–Trinajstić information content (AvgIpc) is 2.67. The second-order valence-corrected chi connectivity index (χ2v) is 6.99. The summed E-state index contributed by atoms with van der Waals surface area (Å²) in [4.78, 5) is 36.8. The van der Waals surface area contributed by atoms with Gasteiger partial charge in [-0.1, -0.05) is 0 Å². The summed E-state index contributed by atoms with van der Waals surface area (Å²) < 4.78 is 0. The SMILES string of the molecule is CN(C)C(=O)N1CCC[C@H](C(=O)N2CCN(c3cccnc3)CC2)C1. The maximum absolute atomic E-state index is 12.9. The molecule has 2 fully saturated rings. The fraction of sp³-hybridized carbons (Fsp3) is 0.611. The van der Waals surface area contributed by atoms with Gasteiger partial charge in [-0.05, 0) is 25.0 Å². The second-order valence-electron chi connectivity index (χ2n) is 6.99. The van der Waals surface area contributed by atoms with Crippen molar-refractivity contribution in [3.8, 4) is 0 Å². The van der Waals surface area contributed by atoms with Crippen molar-refractivity contribution in [3.63, 3.8) is 0 Å². The van der Waals surface area contributed by atoms with Crippen molar-refractivity contribution in [2.45, 2.75) is 12.8 Å². The van der Waals surface area contributed by atoms with Crippen molar-refractivity contribution in [3.05, 3.63) is 24.5 Å². The molecular formula is C18H27N5O2. The van der Waals surface area contributed by atoms with E-state index in [-0.39, 0.29) is 17.9 Å². The van der Waals surface area contributed by atoms with E-state index in [0.29, 0.717) is 6.54 Å². The number of piperazine rings is 1. The Morgan fingerprint density at radius 2 is 1.88 bits per heavy atom. The summed E-state index contributed by atoms with van der Waals surface area (Å²) in [6, 6.07) is 3.99. The van der Waals surface area contributed by atoms with Crippen LogP contribution in [-0.2, 0) is 4.79 Å². The molecule has 0 N–H and O–H groups in total. The molecule has 2 saturated heterocycles. The number of anilines is 1. The van der Waals surface area contributed by atoms with Gasteiger partial charge in [0, 0.05) is 59.6 Å². The summed E-state index contributed by atoms with van der Waals surface area (Å²) in [5, 5.41) is 0. The molecule has 0 spiro atoms. The van der Waals surface area contributed by atoms with E-state index >= 15 is 0 Å². The van der Waals surface area contributed by atoms with Gasteiger partial charge in [0.05, 0.1) is 17.8 Å². The van der Waals surface area contributed by atoms with Crippen LogP contribution in [0.5, 0.6) is 0 Å². The van der Waals surface area contributed by atoms with Gasteiger partial charge in [-0.25, -0.2) is 4.79 Å². The Balaban J connectivity index is 1.54. The topological polar surface area (TPSA) is 60.0 Å². The van der Waals surface area contributed by atoms with E-state index < -0.39 is 0 Å². The Hall–Kier alpha value is -2.31. The molecule has 136 valence electrons. The Labute approximate surface area is 149 Å². The summed E-state index contributed by atoms with van der Waals surface area (Å²) in [6.07, 6.45) is 5.40. The van der Waals surface area contributed by atoms with Crippen LogP contribution in [0.4, 0.5) is 10.5 Å². The lowest BCUT2D eigenvalue weighted by molar-refractivity contribution is -0.137. The summed E-state index contributed by atoms with van der Waals surface area (Å²) >= 11 is 0. The van der Waals surface area contributed by atoms with Crippen LogP contribution in [0.1, 0.15) is 12.8 Å². The van der Waals surface area contributed by atoms with Gasteiger partial charge >= 0.3 is 6.03 Å². The molecule has 1 aromatic heterocycles. The van der Waals surface area contributed by atoms with Gasteiger partial charge in [0.15, 0.2) is 0 Å². The quantitative estimate of drug-likeness (QED) is 0.806. The highest BCUT2D eigenvalue weighted by Gasteiger charge is 2.33. The molecule has 0 aromatic carbocycles. The molecule has 2 aliphatic rings. The second kappa shape index (κ2) is 7.72. The predicted octanol–water partition coefficient (Wildman–Crippen LogP) is 1.12. The number of rotatable bonds is 2. The van der Waals surface area contributed by atoms with Crippen molar-refractivity contribution in [2.24, 2.45) is 5.92 Å². The number of hydrogen-bond acceptors (Lipinski definition) is 4. The van der Waals surface area contributed by atoms with Gasteiger partial charge in [0.25, 0.3) is 0 Å². The third-order valence-corrected chi connectivity index (χ3v) is 5.03. The monoisotopic (exact) mass is 345 g/mol. The minimum absolute atomic E-state index is 0.00102.